The van der Waals surface area contributed by atoms with Gasteiger partial charge in [0.25, 0.3) is 0 Å². The van der Waals surface area contributed by atoms with Crippen molar-refractivity contribution in [3.63, 3.8) is 0 Å². The highest BCUT2D eigenvalue weighted by molar-refractivity contribution is 7.13. The van der Waals surface area contributed by atoms with E-state index in [-0.39, 0.29) is 38.6 Å². The van der Waals surface area contributed by atoms with Crippen molar-refractivity contribution in [3.8, 4) is 27.3 Å². The number of fused-ring (bicyclic) bond motifs is 3. The molecule has 1 aliphatic rings. The second-order valence-corrected chi connectivity index (χ2v) is 20.6. The molecule has 3 atom stereocenters. The molecule has 1 aliphatic heterocycles. The van der Waals surface area contributed by atoms with Crippen molar-refractivity contribution < 1.29 is 43.0 Å². The van der Waals surface area contributed by atoms with E-state index in [0.29, 0.717) is 49.9 Å². The summed E-state index contributed by atoms with van der Waals surface area (Å²) in [7, 11) is 0. The van der Waals surface area contributed by atoms with Gasteiger partial charge in [-0.2, -0.15) is 0 Å². The van der Waals surface area contributed by atoms with Crippen molar-refractivity contribution in [2.24, 2.45) is 11.1 Å². The molecule has 1 unspecified atom stereocenters. The van der Waals surface area contributed by atoms with Crippen molar-refractivity contribution in [1.82, 2.24) is 30.2 Å². The molecule has 73 heavy (non-hydrogen) atoms. The van der Waals surface area contributed by atoms with Gasteiger partial charge in [0.1, 0.15) is 30.2 Å². The number of aliphatic hydroxyl groups excluding tert-OH is 1. The van der Waals surface area contributed by atoms with Crippen LogP contribution >= 0.6 is 11.3 Å². The molecule has 16 nitrogen and oxygen atoms in total. The molecule has 1 fully saturated rings. The van der Waals surface area contributed by atoms with Crippen LogP contribution in [0.4, 0.5) is 0 Å². The summed E-state index contributed by atoms with van der Waals surface area (Å²) in [6.45, 7) is 13.5. The monoisotopic (exact) mass is 1010 g/mol. The number of unbranched alkanes of at least 4 members (excludes halogenated alkanes) is 1. The van der Waals surface area contributed by atoms with E-state index in [2.05, 4.69) is 43.5 Å². The topological polar surface area (TPSA) is 213 Å². The molecule has 4 heterocycles. The molecule has 384 valence electrons. The fourth-order valence-corrected chi connectivity index (χ4v) is 10.3. The van der Waals surface area contributed by atoms with E-state index in [9.17, 15) is 24.3 Å². The molecule has 0 radical (unpaired) electrons. The van der Waals surface area contributed by atoms with Crippen LogP contribution in [0.2, 0.25) is 0 Å². The van der Waals surface area contributed by atoms with Crippen LogP contribution in [0, 0.1) is 26.2 Å². The number of benzene rings is 4. The lowest BCUT2D eigenvalue weighted by Gasteiger charge is -2.35. The number of primary amides is 1. The van der Waals surface area contributed by atoms with Gasteiger partial charge in [-0.15, -0.1) is 11.3 Å². The van der Waals surface area contributed by atoms with Crippen molar-refractivity contribution in [3.05, 3.63) is 124 Å². The number of likely N-dealkylation sites (tertiary alicyclic amines) is 1. The Labute approximate surface area is 429 Å². The van der Waals surface area contributed by atoms with Crippen LogP contribution in [0.15, 0.2) is 95.0 Å². The number of β-amino-alcohol motifs (C(OH)–C–C–N with tert-alkyl or cyclic N) is 1. The van der Waals surface area contributed by atoms with E-state index in [1.807, 2.05) is 114 Å². The standard InChI is InChI=1S/C56H65N7O9S/c1-34-49(36(3)72-61-34)40-25-44(53(57)66)50-43-28-42(19-20-45(43)62(46(50)26-40)30-38-13-8-7-9-14-38)71-24-11-10-21-69-22-12-23-70-32-48(65)60-52(56(4,5)6)55(68)63-31-41(64)27-47(63)54(67)58-29-37-15-17-39(18-16-37)51-35(2)59-33-73-51/h7-9,13-20,25-26,28,33,41,47,52,64H,10-12,21-24,27,29-32H2,1-6H3,(H2,57,66)(H,58,67)(H,60,65)/t41-,47+,52?/m1/s1. The number of rotatable bonds is 22. The van der Waals surface area contributed by atoms with Gasteiger partial charge >= 0.3 is 0 Å². The minimum absolute atomic E-state index is 0.0152. The molecule has 4 aromatic carbocycles. The summed E-state index contributed by atoms with van der Waals surface area (Å²) in [6.07, 6.45) is 1.30. The van der Waals surface area contributed by atoms with Crippen LogP contribution in [-0.2, 0) is 36.9 Å². The molecular formula is C56H65N7O9S. The largest absolute Gasteiger partial charge is 0.494 e. The molecule has 7 aromatic rings. The van der Waals surface area contributed by atoms with E-state index in [1.54, 1.807) is 11.3 Å². The van der Waals surface area contributed by atoms with Gasteiger partial charge in [-0.1, -0.05) is 80.5 Å². The predicted octanol–water partition coefficient (Wildman–Crippen LogP) is 8.04. The third-order valence-electron chi connectivity index (χ3n) is 13.2. The van der Waals surface area contributed by atoms with E-state index < -0.39 is 41.3 Å². The van der Waals surface area contributed by atoms with Crippen molar-refractivity contribution >= 4 is 56.8 Å². The number of ether oxygens (including phenoxy) is 3. The minimum Gasteiger partial charge on any atom is -0.494 e. The van der Waals surface area contributed by atoms with Gasteiger partial charge < -0.3 is 49.7 Å². The van der Waals surface area contributed by atoms with E-state index in [4.69, 9.17) is 24.5 Å². The number of carbonyl (C=O) groups excluding carboxylic acids is 4. The Bertz CT molecular complexity index is 3050. The second kappa shape index (κ2) is 23.3. The van der Waals surface area contributed by atoms with E-state index >= 15 is 0 Å². The highest BCUT2D eigenvalue weighted by atomic mass is 32.1. The Balaban J connectivity index is 0.771. The first kappa shape index (κ1) is 52.4. The Morgan fingerprint density at radius 3 is 2.30 bits per heavy atom. The zero-order valence-electron chi connectivity index (χ0n) is 42.4. The first-order valence-corrected chi connectivity index (χ1v) is 25.7. The van der Waals surface area contributed by atoms with Gasteiger partial charge in [-0.3, -0.25) is 19.2 Å². The molecule has 3 aromatic heterocycles. The first-order chi connectivity index (χ1) is 35.1. The number of aryl methyl sites for hydroxylation is 3. The molecule has 0 saturated carbocycles. The SMILES string of the molecule is Cc1ncsc1-c1ccc(CNC(=O)[C@@H]2C[C@@H](O)CN2C(=O)C(NC(=O)COCCCOCCCCOc2ccc3c(c2)c2c(C(N)=O)cc(-c4c(C)noc4C)cc2n3Cc2ccccc2)C(C)(C)C)cc1. The number of hydrogen-bond donors (Lipinski definition) is 4. The Hall–Kier alpha value is -6.92. The second-order valence-electron chi connectivity index (χ2n) is 19.8. The lowest BCUT2D eigenvalue weighted by Crippen LogP contribution is -2.58. The lowest BCUT2D eigenvalue weighted by atomic mass is 9.85. The summed E-state index contributed by atoms with van der Waals surface area (Å²) in [4.78, 5) is 60.5. The molecule has 17 heteroatoms. The van der Waals surface area contributed by atoms with E-state index in [0.717, 1.165) is 78.7 Å². The molecule has 8 rings (SSSR count). The quantitative estimate of drug-likeness (QED) is 0.0477. The van der Waals surface area contributed by atoms with Gasteiger partial charge in [0.05, 0.1) is 40.0 Å². The van der Waals surface area contributed by atoms with Crippen molar-refractivity contribution in [2.45, 2.75) is 98.5 Å². The molecule has 1 saturated heterocycles. The number of aromatic nitrogens is 3. The summed E-state index contributed by atoms with van der Waals surface area (Å²) in [6, 6.07) is 26.0. The Morgan fingerprint density at radius 1 is 0.863 bits per heavy atom. The van der Waals surface area contributed by atoms with E-state index in [1.165, 1.54) is 4.90 Å². The van der Waals surface area contributed by atoms with Crippen LogP contribution in [0.1, 0.15) is 85.1 Å². The summed E-state index contributed by atoms with van der Waals surface area (Å²) in [5.41, 5.74) is 15.8. The third-order valence-corrected chi connectivity index (χ3v) is 14.2. The third kappa shape index (κ3) is 12.5. The smallest absolute Gasteiger partial charge is 0.249 e. The Morgan fingerprint density at radius 2 is 1.60 bits per heavy atom. The summed E-state index contributed by atoms with van der Waals surface area (Å²) >= 11 is 1.57. The number of aliphatic hydroxyl groups is 1. The van der Waals surface area contributed by atoms with Gasteiger partial charge in [0, 0.05) is 73.3 Å². The normalized spacial score (nSPS) is 15.2. The number of nitrogens with zero attached hydrogens (tertiary/aromatic N) is 4. The zero-order valence-corrected chi connectivity index (χ0v) is 43.2. The number of nitrogens with one attached hydrogen (secondary N) is 2. The first-order valence-electron chi connectivity index (χ1n) is 24.8. The van der Waals surface area contributed by atoms with Gasteiger partial charge in [-0.05, 0) is 98.0 Å². The number of nitrogens with two attached hydrogens (primary N) is 1. The highest BCUT2D eigenvalue weighted by Gasteiger charge is 2.44. The van der Waals surface area contributed by atoms with Gasteiger partial charge in [-0.25, -0.2) is 4.98 Å². The van der Waals surface area contributed by atoms with Crippen molar-refractivity contribution in [1.29, 1.82) is 0 Å². The van der Waals surface area contributed by atoms with Crippen LogP contribution in [0.5, 0.6) is 5.75 Å². The average Bonchev–Trinajstić information content (AvgIpc) is 4.15. The number of carbonyl (C=O) groups is 4. The molecule has 5 N–H and O–H groups in total. The summed E-state index contributed by atoms with van der Waals surface area (Å²) < 4.78 is 25.4. The molecular weight excluding hydrogens is 947 g/mol. The highest BCUT2D eigenvalue weighted by Crippen LogP contribution is 2.39. The van der Waals surface area contributed by atoms with Crippen molar-refractivity contribution in [2.75, 3.05) is 39.6 Å². The fraction of sp³-hybridized carbons (Fsp3) is 0.393. The molecule has 4 amide bonds. The maximum Gasteiger partial charge on any atom is 0.249 e. The maximum atomic E-state index is 14.0. The number of amides is 4. The Kier molecular flexibility index (Phi) is 16.7. The van der Waals surface area contributed by atoms with Crippen LogP contribution in [0.25, 0.3) is 43.4 Å². The van der Waals surface area contributed by atoms with Gasteiger partial charge in [0.15, 0.2) is 0 Å². The summed E-state index contributed by atoms with van der Waals surface area (Å²) in [5.74, 6) is -0.464. The molecule has 0 bridgehead atoms. The fourth-order valence-electron chi connectivity index (χ4n) is 9.47. The average molecular weight is 1010 g/mol. The van der Waals surface area contributed by atoms with Crippen LogP contribution in [-0.4, -0.2) is 106 Å². The maximum absolute atomic E-state index is 14.0. The van der Waals surface area contributed by atoms with Crippen LogP contribution < -0.4 is 21.1 Å². The molecule has 0 spiro atoms. The van der Waals surface area contributed by atoms with Crippen LogP contribution in [0.3, 0.4) is 0 Å². The lowest BCUT2D eigenvalue weighted by molar-refractivity contribution is -0.144. The van der Waals surface area contributed by atoms with Gasteiger partial charge in [0.2, 0.25) is 23.6 Å². The number of hydrogen-bond acceptors (Lipinski definition) is 12. The zero-order chi connectivity index (χ0) is 51.8. The summed E-state index contributed by atoms with van der Waals surface area (Å²) in [5, 5.41) is 22.1. The predicted molar refractivity (Wildman–Crippen MR) is 281 cm³/mol. The minimum atomic E-state index is -0.960. The molecule has 0 aliphatic carbocycles. The number of thiazole rings is 1.